The zero-order valence-corrected chi connectivity index (χ0v) is 26.2. The highest BCUT2D eigenvalue weighted by Gasteiger charge is 2.74. The Balaban J connectivity index is 1.41. The van der Waals surface area contributed by atoms with Crippen molar-refractivity contribution in [2.24, 2.45) is 11.8 Å². The summed E-state index contributed by atoms with van der Waals surface area (Å²) in [4.78, 5) is 46.6. The molecule has 3 aromatic carbocycles. The van der Waals surface area contributed by atoms with Gasteiger partial charge in [0.25, 0.3) is 5.91 Å². The SMILES string of the molecule is C=CCCCOC(=O)[C@@H]1[C@@H]2CCC3(S2)C(C(=O)N(CC=C)c2ccc4ccccc4c2)N([C@@H](CO)Cc2ccccc2)C(=O)[C@H]13. The van der Waals surface area contributed by atoms with Crippen molar-refractivity contribution >= 4 is 46.0 Å². The Bertz CT molecular complexity index is 1590. The Morgan fingerprint density at radius 3 is 2.56 bits per heavy atom. The molecule has 3 saturated heterocycles. The van der Waals surface area contributed by atoms with Gasteiger partial charge in [0.05, 0.1) is 35.8 Å². The summed E-state index contributed by atoms with van der Waals surface area (Å²) in [6.07, 6.45) is 6.63. The van der Waals surface area contributed by atoms with E-state index < -0.39 is 28.7 Å². The van der Waals surface area contributed by atoms with E-state index in [0.717, 1.165) is 29.2 Å². The van der Waals surface area contributed by atoms with Crippen molar-refractivity contribution in [2.45, 2.75) is 54.2 Å². The number of carbonyl (C=O) groups excluding carboxylic acids is 3. The zero-order chi connectivity index (χ0) is 31.6. The molecule has 2 amide bonds. The second-order valence-corrected chi connectivity index (χ2v) is 13.8. The number of carbonyl (C=O) groups is 3. The minimum Gasteiger partial charge on any atom is -0.465 e. The highest BCUT2D eigenvalue weighted by molar-refractivity contribution is 8.02. The Hall–Kier alpha value is -3.88. The maximum Gasteiger partial charge on any atom is 0.310 e. The molecular weight excluding hydrogens is 584 g/mol. The van der Waals surface area contributed by atoms with Gasteiger partial charge in [0.15, 0.2) is 0 Å². The standard InChI is InChI=1S/C37H40N2O5S/c1-3-5-11-21-44-36(43)31-30-18-19-37(45-30)32(31)34(41)39(29(24-40)22-25-12-7-6-8-13-25)33(37)35(42)38(20-4-2)28-17-16-26-14-9-10-15-27(26)23-28/h3-4,6-10,12-17,23,29-33,40H,1-2,5,11,18-22,24H2/t29-,30+,31-,32+,33?,37?/m1/s1. The first kappa shape index (κ1) is 31.1. The molecule has 0 aliphatic carbocycles. The molecule has 2 unspecified atom stereocenters. The Labute approximate surface area is 268 Å². The molecule has 3 heterocycles. The third kappa shape index (κ3) is 5.59. The molecule has 1 N–H and O–H groups in total. The summed E-state index contributed by atoms with van der Waals surface area (Å²) in [7, 11) is 0. The van der Waals surface area contributed by atoms with Crippen LogP contribution in [0.3, 0.4) is 0 Å². The van der Waals surface area contributed by atoms with Crippen LogP contribution in [0, 0.1) is 11.8 Å². The van der Waals surface area contributed by atoms with Gasteiger partial charge in [-0.3, -0.25) is 14.4 Å². The van der Waals surface area contributed by atoms with Gasteiger partial charge in [-0.15, -0.1) is 24.9 Å². The molecule has 8 heteroatoms. The Kier molecular flexibility index (Phi) is 9.15. The van der Waals surface area contributed by atoms with E-state index in [9.17, 15) is 14.7 Å². The third-order valence-electron chi connectivity index (χ3n) is 9.58. The van der Waals surface area contributed by atoms with Crippen molar-refractivity contribution in [1.29, 1.82) is 0 Å². The van der Waals surface area contributed by atoms with Crippen molar-refractivity contribution in [1.82, 2.24) is 4.90 Å². The molecule has 2 bridgehead atoms. The number of hydrogen-bond acceptors (Lipinski definition) is 6. The second kappa shape index (κ2) is 13.2. The summed E-state index contributed by atoms with van der Waals surface area (Å²) >= 11 is 1.61. The molecule has 1 spiro atoms. The number of aliphatic hydroxyl groups excluding tert-OH is 1. The van der Waals surface area contributed by atoms with Gasteiger partial charge >= 0.3 is 5.97 Å². The average molecular weight is 625 g/mol. The predicted octanol–water partition coefficient (Wildman–Crippen LogP) is 5.56. The smallest absolute Gasteiger partial charge is 0.310 e. The Morgan fingerprint density at radius 1 is 1.07 bits per heavy atom. The van der Waals surface area contributed by atoms with E-state index in [1.54, 1.807) is 33.7 Å². The predicted molar refractivity (Wildman–Crippen MR) is 179 cm³/mol. The number of anilines is 1. The van der Waals surface area contributed by atoms with E-state index in [4.69, 9.17) is 4.74 Å². The number of rotatable bonds is 13. The number of benzene rings is 3. The lowest BCUT2D eigenvalue weighted by atomic mass is 9.71. The van der Waals surface area contributed by atoms with Crippen LogP contribution in [0.5, 0.6) is 0 Å². The van der Waals surface area contributed by atoms with E-state index in [0.29, 0.717) is 24.9 Å². The molecule has 3 aliphatic rings. The second-order valence-electron chi connectivity index (χ2n) is 12.2. The van der Waals surface area contributed by atoms with Crippen LogP contribution in [0.15, 0.2) is 98.1 Å². The van der Waals surface area contributed by atoms with Gasteiger partial charge in [-0.05, 0) is 60.6 Å². The van der Waals surface area contributed by atoms with Crippen LogP contribution < -0.4 is 4.90 Å². The number of ether oxygens (including phenoxy) is 1. The van der Waals surface area contributed by atoms with Crippen LogP contribution in [-0.2, 0) is 25.5 Å². The fourth-order valence-electron chi connectivity index (χ4n) is 7.61. The first-order valence-electron chi connectivity index (χ1n) is 15.8. The monoisotopic (exact) mass is 624 g/mol. The van der Waals surface area contributed by atoms with Gasteiger partial charge in [-0.2, -0.15) is 0 Å². The highest BCUT2D eigenvalue weighted by atomic mass is 32.2. The quantitative estimate of drug-likeness (QED) is 0.152. The summed E-state index contributed by atoms with van der Waals surface area (Å²) in [5.74, 6) is -2.17. The largest absolute Gasteiger partial charge is 0.465 e. The lowest BCUT2D eigenvalue weighted by molar-refractivity contribution is -0.154. The number of likely N-dealkylation sites (tertiary alicyclic amines) is 1. The van der Waals surface area contributed by atoms with Gasteiger partial charge in [0.1, 0.15) is 6.04 Å². The molecule has 7 nitrogen and oxygen atoms in total. The minimum absolute atomic E-state index is 0.0986. The number of thioether (sulfide) groups is 1. The van der Waals surface area contributed by atoms with Crippen molar-refractivity contribution in [3.05, 3.63) is 104 Å². The lowest BCUT2D eigenvalue weighted by Gasteiger charge is -2.39. The van der Waals surface area contributed by atoms with Crippen LogP contribution in [0.25, 0.3) is 10.8 Å². The maximum absolute atomic E-state index is 15.0. The molecule has 3 aliphatic heterocycles. The summed E-state index contributed by atoms with van der Waals surface area (Å²) in [6, 6.07) is 22.1. The number of allylic oxidation sites excluding steroid dienone is 1. The van der Waals surface area contributed by atoms with E-state index in [-0.39, 0.29) is 42.8 Å². The average Bonchev–Trinajstić information content (AvgIpc) is 3.72. The molecule has 0 saturated carbocycles. The fourth-order valence-corrected chi connectivity index (χ4v) is 9.80. The van der Waals surface area contributed by atoms with E-state index in [1.165, 1.54) is 0 Å². The van der Waals surface area contributed by atoms with Crippen molar-refractivity contribution in [2.75, 3.05) is 24.7 Å². The van der Waals surface area contributed by atoms with E-state index >= 15 is 4.79 Å². The van der Waals surface area contributed by atoms with Crippen molar-refractivity contribution < 1.29 is 24.2 Å². The number of hydrogen-bond donors (Lipinski definition) is 1. The van der Waals surface area contributed by atoms with Gasteiger partial charge in [-0.1, -0.05) is 72.8 Å². The van der Waals surface area contributed by atoms with E-state index in [2.05, 4.69) is 13.2 Å². The summed E-state index contributed by atoms with van der Waals surface area (Å²) in [6.45, 7) is 7.88. The van der Waals surface area contributed by atoms with Gasteiger partial charge in [0.2, 0.25) is 5.91 Å². The fraction of sp³-hybridized carbons (Fsp3) is 0.378. The van der Waals surface area contributed by atoms with Crippen molar-refractivity contribution in [3.63, 3.8) is 0 Å². The highest BCUT2D eigenvalue weighted by Crippen LogP contribution is 2.67. The first-order valence-corrected chi connectivity index (χ1v) is 16.6. The summed E-state index contributed by atoms with van der Waals surface area (Å²) in [5, 5.41) is 12.7. The first-order chi connectivity index (χ1) is 21.9. The molecule has 0 radical (unpaired) electrons. The minimum atomic E-state index is -0.865. The third-order valence-corrected chi connectivity index (χ3v) is 11.5. The molecule has 0 aromatic heterocycles. The normalized spacial score (nSPS) is 25.6. The number of unbranched alkanes of at least 4 members (excludes halogenated alkanes) is 1. The number of nitrogens with zero attached hydrogens (tertiary/aromatic N) is 2. The number of amides is 2. The van der Waals surface area contributed by atoms with Crippen LogP contribution in [0.1, 0.15) is 31.2 Å². The maximum atomic E-state index is 15.0. The molecule has 3 aromatic rings. The van der Waals surface area contributed by atoms with E-state index in [1.807, 2.05) is 72.8 Å². The van der Waals surface area contributed by atoms with Gasteiger partial charge < -0.3 is 19.6 Å². The van der Waals surface area contributed by atoms with Crippen LogP contribution in [0.4, 0.5) is 5.69 Å². The number of fused-ring (bicyclic) bond motifs is 2. The lowest BCUT2D eigenvalue weighted by Crippen LogP contribution is -2.58. The number of aliphatic hydroxyl groups is 1. The topological polar surface area (TPSA) is 87.2 Å². The summed E-state index contributed by atoms with van der Waals surface area (Å²) in [5.41, 5.74) is 1.67. The number of esters is 1. The molecule has 6 rings (SSSR count). The molecule has 45 heavy (non-hydrogen) atoms. The van der Waals surface area contributed by atoms with Crippen LogP contribution >= 0.6 is 11.8 Å². The van der Waals surface area contributed by atoms with Crippen molar-refractivity contribution in [3.8, 4) is 0 Å². The van der Waals surface area contributed by atoms with Crippen LogP contribution in [-0.4, -0.2) is 69.6 Å². The van der Waals surface area contributed by atoms with Gasteiger partial charge in [0, 0.05) is 17.5 Å². The molecule has 3 fully saturated rings. The summed E-state index contributed by atoms with van der Waals surface area (Å²) < 4.78 is 4.91. The molecule has 234 valence electrons. The molecular formula is C37H40N2O5S. The van der Waals surface area contributed by atoms with Crippen LogP contribution in [0.2, 0.25) is 0 Å². The zero-order valence-electron chi connectivity index (χ0n) is 25.4. The van der Waals surface area contributed by atoms with Gasteiger partial charge in [-0.25, -0.2) is 0 Å². The molecule has 6 atom stereocenters. The Morgan fingerprint density at radius 2 is 1.82 bits per heavy atom.